The Morgan fingerprint density at radius 1 is 0.750 bits per heavy atom. The van der Waals surface area contributed by atoms with Crippen LogP contribution < -0.4 is 0 Å². The minimum atomic E-state index is -1.24. The van der Waals surface area contributed by atoms with Gasteiger partial charge in [0.25, 0.3) is 0 Å². The van der Waals surface area contributed by atoms with Gasteiger partial charge in [-0.1, -0.05) is 47.5 Å². The van der Waals surface area contributed by atoms with Crippen molar-refractivity contribution in [1.82, 2.24) is 9.97 Å². The normalized spacial score (nSPS) is 10.9. The van der Waals surface area contributed by atoms with Crippen LogP contribution in [0.2, 0.25) is 10.0 Å². The number of hydrogen-bond donors (Lipinski definition) is 2. The molecule has 4 rings (SSSR count). The Labute approximate surface area is 169 Å². The molecule has 0 saturated carbocycles. The van der Waals surface area contributed by atoms with E-state index < -0.39 is 5.97 Å². The molecule has 0 bridgehead atoms. The predicted molar refractivity (Wildman–Crippen MR) is 109 cm³/mol. The lowest BCUT2D eigenvalue weighted by Crippen LogP contribution is -2.00. The highest BCUT2D eigenvalue weighted by Crippen LogP contribution is 2.33. The van der Waals surface area contributed by atoms with Crippen LogP contribution in [0.1, 0.15) is 10.4 Å². The van der Waals surface area contributed by atoms with Crippen molar-refractivity contribution >= 4 is 40.2 Å². The second-order valence-electron chi connectivity index (χ2n) is 6.10. The number of carboxylic acid groups (broad SMARTS) is 1. The Hall–Kier alpha value is -3.15. The zero-order chi connectivity index (χ0) is 19.8. The molecule has 7 heteroatoms. The smallest absolute Gasteiger partial charge is 0.339 e. The van der Waals surface area contributed by atoms with Crippen LogP contribution in [0.4, 0.5) is 0 Å². The molecule has 2 N–H and O–H groups in total. The monoisotopic (exact) mass is 410 g/mol. The number of carbonyl (C=O) groups is 1. The van der Waals surface area contributed by atoms with Gasteiger partial charge in [-0.3, -0.25) is 0 Å². The summed E-state index contributed by atoms with van der Waals surface area (Å²) >= 11 is 12.0. The molecule has 0 aliphatic rings. The summed E-state index contributed by atoms with van der Waals surface area (Å²) in [6.07, 6.45) is 0. The molecular weight excluding hydrogens is 399 g/mol. The lowest BCUT2D eigenvalue weighted by atomic mass is 10.0. The standard InChI is InChI=1S/C21H12Cl2N2O3/c22-13-5-1-11(2-6-13)19-20(12-3-7-14(23)8-4-12)25-17-10-18(26)15(21(27)28)9-16(17)24-19/h1-10,26H,(H,27,28). The van der Waals surface area contributed by atoms with Crippen LogP contribution in [0, 0.1) is 0 Å². The second-order valence-corrected chi connectivity index (χ2v) is 6.97. The summed E-state index contributed by atoms with van der Waals surface area (Å²) in [5, 5.41) is 20.5. The molecule has 5 nitrogen and oxygen atoms in total. The Morgan fingerprint density at radius 2 is 1.18 bits per heavy atom. The molecule has 1 aromatic heterocycles. The van der Waals surface area contributed by atoms with Crippen molar-refractivity contribution in [2.75, 3.05) is 0 Å². The maximum Gasteiger partial charge on any atom is 0.339 e. The molecule has 0 spiro atoms. The SMILES string of the molecule is O=C(O)c1cc2nc(-c3ccc(Cl)cc3)c(-c3ccc(Cl)cc3)nc2cc1O. The van der Waals surface area contributed by atoms with E-state index in [1.165, 1.54) is 12.1 Å². The minimum Gasteiger partial charge on any atom is -0.507 e. The number of aromatic hydroxyl groups is 1. The van der Waals surface area contributed by atoms with Gasteiger partial charge >= 0.3 is 5.97 Å². The molecule has 0 atom stereocenters. The van der Waals surface area contributed by atoms with Gasteiger partial charge in [-0.15, -0.1) is 0 Å². The van der Waals surface area contributed by atoms with Crippen molar-refractivity contribution < 1.29 is 15.0 Å². The molecule has 4 aromatic rings. The van der Waals surface area contributed by atoms with Gasteiger partial charge in [0.15, 0.2) is 0 Å². The number of nitrogens with zero attached hydrogens (tertiary/aromatic N) is 2. The maximum atomic E-state index is 11.3. The fraction of sp³-hybridized carbons (Fsp3) is 0. The van der Waals surface area contributed by atoms with E-state index in [0.29, 0.717) is 32.5 Å². The van der Waals surface area contributed by atoms with Crippen LogP contribution >= 0.6 is 23.2 Å². The van der Waals surface area contributed by atoms with Crippen molar-refractivity contribution in [2.24, 2.45) is 0 Å². The topological polar surface area (TPSA) is 83.3 Å². The molecular formula is C21H12Cl2N2O3. The van der Waals surface area contributed by atoms with Gasteiger partial charge in [0, 0.05) is 27.2 Å². The van der Waals surface area contributed by atoms with Gasteiger partial charge < -0.3 is 10.2 Å². The van der Waals surface area contributed by atoms with E-state index in [1.54, 1.807) is 24.3 Å². The molecule has 0 radical (unpaired) electrons. The maximum absolute atomic E-state index is 11.3. The fourth-order valence-corrected chi connectivity index (χ4v) is 3.13. The van der Waals surface area contributed by atoms with E-state index in [4.69, 9.17) is 23.2 Å². The summed E-state index contributed by atoms with van der Waals surface area (Å²) in [7, 11) is 0. The third-order valence-electron chi connectivity index (χ3n) is 4.25. The van der Waals surface area contributed by atoms with Crippen molar-refractivity contribution in [2.45, 2.75) is 0 Å². The quantitative estimate of drug-likeness (QED) is 0.454. The molecule has 0 aliphatic carbocycles. The molecule has 0 amide bonds. The molecule has 0 unspecified atom stereocenters. The van der Waals surface area contributed by atoms with Crippen LogP contribution in [0.3, 0.4) is 0 Å². The summed E-state index contributed by atoms with van der Waals surface area (Å²) in [5.41, 5.74) is 3.20. The summed E-state index contributed by atoms with van der Waals surface area (Å²) in [4.78, 5) is 20.6. The van der Waals surface area contributed by atoms with Crippen molar-refractivity contribution in [3.05, 3.63) is 76.3 Å². The first-order valence-electron chi connectivity index (χ1n) is 8.22. The lowest BCUT2D eigenvalue weighted by molar-refractivity contribution is 0.0694. The van der Waals surface area contributed by atoms with Crippen LogP contribution in [0.15, 0.2) is 60.7 Å². The van der Waals surface area contributed by atoms with Gasteiger partial charge in [0.1, 0.15) is 11.3 Å². The molecule has 28 heavy (non-hydrogen) atoms. The van der Waals surface area contributed by atoms with Gasteiger partial charge in [0.05, 0.1) is 22.4 Å². The summed E-state index contributed by atoms with van der Waals surface area (Å²) in [6, 6.07) is 16.9. The molecule has 138 valence electrons. The van der Waals surface area contributed by atoms with Crippen molar-refractivity contribution in [3.8, 4) is 28.3 Å². The first-order chi connectivity index (χ1) is 13.4. The number of carboxylic acids is 1. The number of benzene rings is 3. The van der Waals surface area contributed by atoms with Crippen LogP contribution in [-0.4, -0.2) is 26.2 Å². The third kappa shape index (κ3) is 3.38. The van der Waals surface area contributed by atoms with Crippen LogP contribution in [-0.2, 0) is 0 Å². The average Bonchev–Trinajstić information content (AvgIpc) is 2.67. The zero-order valence-corrected chi connectivity index (χ0v) is 15.7. The largest absolute Gasteiger partial charge is 0.507 e. The molecule has 0 aliphatic heterocycles. The van der Waals surface area contributed by atoms with E-state index in [-0.39, 0.29) is 11.3 Å². The molecule has 1 heterocycles. The van der Waals surface area contributed by atoms with Crippen LogP contribution in [0.25, 0.3) is 33.5 Å². The fourth-order valence-electron chi connectivity index (χ4n) is 2.88. The number of halogens is 2. The van der Waals surface area contributed by atoms with E-state index in [1.807, 2.05) is 24.3 Å². The second kappa shape index (κ2) is 7.11. The van der Waals surface area contributed by atoms with E-state index in [2.05, 4.69) is 9.97 Å². The highest BCUT2D eigenvalue weighted by Gasteiger charge is 2.17. The lowest BCUT2D eigenvalue weighted by Gasteiger charge is -2.12. The van der Waals surface area contributed by atoms with Gasteiger partial charge in [-0.2, -0.15) is 0 Å². The van der Waals surface area contributed by atoms with Crippen LogP contribution in [0.5, 0.6) is 5.75 Å². The van der Waals surface area contributed by atoms with E-state index in [9.17, 15) is 15.0 Å². The van der Waals surface area contributed by atoms with Crippen molar-refractivity contribution in [3.63, 3.8) is 0 Å². The minimum absolute atomic E-state index is 0.233. The first-order valence-corrected chi connectivity index (χ1v) is 8.98. The molecule has 0 saturated heterocycles. The Bertz CT molecular complexity index is 1210. The number of aromatic nitrogens is 2. The van der Waals surface area contributed by atoms with E-state index >= 15 is 0 Å². The highest BCUT2D eigenvalue weighted by atomic mass is 35.5. The predicted octanol–water partition coefficient (Wildman–Crippen LogP) is 5.67. The zero-order valence-electron chi connectivity index (χ0n) is 14.2. The number of rotatable bonds is 3. The first kappa shape index (κ1) is 18.2. The highest BCUT2D eigenvalue weighted by molar-refractivity contribution is 6.31. The molecule has 3 aromatic carbocycles. The summed E-state index contributed by atoms with van der Waals surface area (Å²) < 4.78 is 0. The average molecular weight is 411 g/mol. The Balaban J connectivity index is 2.02. The number of aromatic carboxylic acids is 1. The number of hydrogen-bond acceptors (Lipinski definition) is 4. The Kier molecular flexibility index (Phi) is 4.63. The van der Waals surface area contributed by atoms with Gasteiger partial charge in [-0.05, 0) is 30.3 Å². The number of phenols is 1. The van der Waals surface area contributed by atoms with Crippen molar-refractivity contribution in [1.29, 1.82) is 0 Å². The summed E-state index contributed by atoms with van der Waals surface area (Å²) in [6.45, 7) is 0. The molecule has 0 fully saturated rings. The third-order valence-corrected chi connectivity index (χ3v) is 4.75. The number of fused-ring (bicyclic) bond motifs is 1. The summed E-state index contributed by atoms with van der Waals surface area (Å²) in [5.74, 6) is -1.60. The van der Waals surface area contributed by atoms with E-state index in [0.717, 1.165) is 11.1 Å². The van der Waals surface area contributed by atoms with Gasteiger partial charge in [-0.25, -0.2) is 14.8 Å². The Morgan fingerprint density at radius 3 is 1.61 bits per heavy atom. The van der Waals surface area contributed by atoms with Gasteiger partial charge in [0.2, 0.25) is 0 Å².